The maximum absolute atomic E-state index is 12.8. The minimum absolute atomic E-state index is 0.194. The van der Waals surface area contributed by atoms with Crippen LogP contribution >= 0.6 is 0 Å². The molecular weight excluding hydrogens is 400 g/mol. The molecule has 1 atom stereocenters. The quantitative estimate of drug-likeness (QED) is 0.515. The molecule has 0 aromatic heterocycles. The van der Waals surface area contributed by atoms with E-state index in [2.05, 4.69) is 29.2 Å². The van der Waals surface area contributed by atoms with E-state index in [1.54, 1.807) is 18.2 Å². The zero-order valence-corrected chi connectivity index (χ0v) is 18.6. The molecule has 1 aliphatic rings. The molecule has 6 heteroatoms. The Morgan fingerprint density at radius 2 is 1.75 bits per heavy atom. The molecule has 0 unspecified atom stereocenters. The monoisotopic (exact) mass is 430 g/mol. The Kier molecular flexibility index (Phi) is 6.44. The van der Waals surface area contributed by atoms with Crippen molar-refractivity contribution < 1.29 is 9.90 Å². The fourth-order valence-corrected chi connectivity index (χ4v) is 4.09. The van der Waals surface area contributed by atoms with Crippen molar-refractivity contribution in [1.29, 1.82) is 0 Å². The van der Waals surface area contributed by atoms with Gasteiger partial charge in [0.2, 0.25) is 0 Å². The van der Waals surface area contributed by atoms with Gasteiger partial charge in [0.05, 0.1) is 11.4 Å². The van der Waals surface area contributed by atoms with E-state index < -0.39 is 0 Å². The number of nitrogens with two attached hydrogens (primary N) is 1. The van der Waals surface area contributed by atoms with Gasteiger partial charge >= 0.3 is 0 Å². The smallest absolute Gasteiger partial charge is 0.255 e. The molecule has 0 aliphatic carbocycles. The number of benzene rings is 3. The summed E-state index contributed by atoms with van der Waals surface area (Å²) in [6, 6.07) is 20.8. The van der Waals surface area contributed by atoms with Crippen molar-refractivity contribution in [3.05, 3.63) is 77.9 Å². The molecule has 3 aromatic carbocycles. The van der Waals surface area contributed by atoms with Gasteiger partial charge in [-0.1, -0.05) is 30.3 Å². The lowest BCUT2D eigenvalue weighted by atomic mass is 10.0. The molecule has 4 N–H and O–H groups in total. The Morgan fingerprint density at radius 1 is 1.06 bits per heavy atom. The molecular formula is C26H30N4O2. The minimum atomic E-state index is -0.194. The van der Waals surface area contributed by atoms with Gasteiger partial charge in [-0.2, -0.15) is 0 Å². The zero-order valence-electron chi connectivity index (χ0n) is 18.6. The average molecular weight is 431 g/mol. The first-order valence-corrected chi connectivity index (χ1v) is 10.9. The Labute approximate surface area is 189 Å². The fourth-order valence-electron chi connectivity index (χ4n) is 4.09. The predicted molar refractivity (Wildman–Crippen MR) is 130 cm³/mol. The summed E-state index contributed by atoms with van der Waals surface area (Å²) in [5.41, 5.74) is 10.8. The zero-order chi connectivity index (χ0) is 22.7. The van der Waals surface area contributed by atoms with Gasteiger partial charge in [-0.25, -0.2) is 0 Å². The predicted octanol–water partition coefficient (Wildman–Crippen LogP) is 4.03. The average Bonchev–Trinajstić information content (AvgIpc) is 3.25. The van der Waals surface area contributed by atoms with Crippen molar-refractivity contribution in [2.24, 2.45) is 0 Å². The van der Waals surface area contributed by atoms with Gasteiger partial charge in [-0.15, -0.1) is 0 Å². The summed E-state index contributed by atoms with van der Waals surface area (Å²) in [5, 5.41) is 12.4. The van der Waals surface area contributed by atoms with Crippen LogP contribution in [0.25, 0.3) is 11.1 Å². The summed E-state index contributed by atoms with van der Waals surface area (Å²) in [6.07, 6.45) is 1.19. The third kappa shape index (κ3) is 5.10. The number of rotatable bonds is 6. The lowest BCUT2D eigenvalue weighted by Gasteiger charge is -2.20. The molecule has 3 aromatic rings. The van der Waals surface area contributed by atoms with Crippen LogP contribution in [0.5, 0.6) is 5.75 Å². The maximum atomic E-state index is 12.8. The molecule has 1 aliphatic heterocycles. The van der Waals surface area contributed by atoms with Crippen molar-refractivity contribution in [1.82, 2.24) is 9.80 Å². The van der Waals surface area contributed by atoms with Crippen LogP contribution in [0, 0.1) is 0 Å². The summed E-state index contributed by atoms with van der Waals surface area (Å²) in [7, 11) is 4.27. The van der Waals surface area contributed by atoms with Gasteiger partial charge < -0.3 is 21.1 Å². The first kappa shape index (κ1) is 21.9. The lowest BCUT2D eigenvalue weighted by Crippen LogP contribution is -2.31. The first-order chi connectivity index (χ1) is 15.4. The van der Waals surface area contributed by atoms with Crippen LogP contribution in [0.2, 0.25) is 0 Å². The van der Waals surface area contributed by atoms with Crippen molar-refractivity contribution >= 4 is 17.3 Å². The third-order valence-electron chi connectivity index (χ3n) is 6.10. The molecule has 6 nitrogen and oxygen atoms in total. The second kappa shape index (κ2) is 9.42. The molecule has 166 valence electrons. The maximum Gasteiger partial charge on any atom is 0.255 e. The molecule has 0 saturated carbocycles. The molecule has 32 heavy (non-hydrogen) atoms. The number of nitrogen functional groups attached to an aromatic ring is 1. The number of hydrogen-bond acceptors (Lipinski definition) is 5. The number of anilines is 2. The largest absolute Gasteiger partial charge is 0.508 e. The van der Waals surface area contributed by atoms with Gasteiger partial charge in [0.15, 0.2) is 0 Å². The highest BCUT2D eigenvalue weighted by atomic mass is 16.3. The molecule has 1 amide bonds. The van der Waals surface area contributed by atoms with E-state index in [4.69, 9.17) is 5.73 Å². The topological polar surface area (TPSA) is 81.8 Å². The van der Waals surface area contributed by atoms with Crippen molar-refractivity contribution in [3.8, 4) is 16.9 Å². The van der Waals surface area contributed by atoms with Gasteiger partial charge in [0.25, 0.3) is 5.91 Å². The van der Waals surface area contributed by atoms with E-state index in [0.717, 1.165) is 30.8 Å². The minimum Gasteiger partial charge on any atom is -0.508 e. The summed E-state index contributed by atoms with van der Waals surface area (Å²) in [4.78, 5) is 17.6. The highest BCUT2D eigenvalue weighted by molar-refractivity contribution is 6.06. The highest BCUT2D eigenvalue weighted by Gasteiger charge is 2.23. The highest BCUT2D eigenvalue weighted by Crippen LogP contribution is 2.29. The van der Waals surface area contributed by atoms with E-state index >= 15 is 0 Å². The number of hydrogen-bond donors (Lipinski definition) is 3. The summed E-state index contributed by atoms with van der Waals surface area (Å²) in [6.45, 7) is 3.07. The first-order valence-electron chi connectivity index (χ1n) is 10.9. The molecule has 1 heterocycles. The number of likely N-dealkylation sites (tertiary alicyclic amines) is 1. The van der Waals surface area contributed by atoms with Crippen LogP contribution in [0.15, 0.2) is 66.7 Å². The number of carbonyl (C=O) groups is 1. The van der Waals surface area contributed by atoms with Gasteiger partial charge in [0.1, 0.15) is 5.75 Å². The number of carbonyl (C=O) groups excluding carboxylic acids is 1. The van der Waals surface area contributed by atoms with Crippen LogP contribution < -0.4 is 11.1 Å². The normalized spacial score (nSPS) is 16.4. The Bertz CT molecular complexity index is 1080. The van der Waals surface area contributed by atoms with Crippen molar-refractivity contribution in [2.75, 3.05) is 38.2 Å². The number of nitrogens with one attached hydrogen (secondary N) is 1. The van der Waals surface area contributed by atoms with Gasteiger partial charge in [0, 0.05) is 31.2 Å². The Balaban J connectivity index is 1.42. The number of aromatic hydroxyl groups is 1. The van der Waals surface area contributed by atoms with Crippen LogP contribution in [-0.4, -0.2) is 54.0 Å². The molecule has 1 fully saturated rings. The standard InChI is InChI=1S/C26H30N4O2/c1-29(2)22-13-14-30(17-22)16-18-3-5-20(6-4-18)26(32)28-25-15-21(9-12-24(25)27)19-7-10-23(31)11-8-19/h3-12,15,22,31H,13-14,16-17,27H2,1-2H3,(H,28,32)/t22-/m1/s1. The number of amides is 1. The third-order valence-corrected chi connectivity index (χ3v) is 6.10. The fraction of sp³-hybridized carbons (Fsp3) is 0.269. The van der Waals surface area contributed by atoms with Crippen molar-refractivity contribution in [2.45, 2.75) is 19.0 Å². The van der Waals surface area contributed by atoms with Gasteiger partial charge in [-0.3, -0.25) is 9.69 Å². The summed E-state index contributed by atoms with van der Waals surface area (Å²) >= 11 is 0. The Hall–Kier alpha value is -3.35. The summed E-state index contributed by atoms with van der Waals surface area (Å²) in [5.74, 6) is 0.0170. The number of likely N-dealkylation sites (N-methyl/N-ethyl adjacent to an activating group) is 1. The van der Waals surface area contributed by atoms with Crippen LogP contribution in [0.4, 0.5) is 11.4 Å². The molecule has 1 saturated heterocycles. The van der Waals surface area contributed by atoms with E-state index in [-0.39, 0.29) is 11.7 Å². The SMILES string of the molecule is CN(C)[C@@H]1CCN(Cc2ccc(C(=O)Nc3cc(-c4ccc(O)cc4)ccc3N)cc2)C1. The Morgan fingerprint density at radius 3 is 2.41 bits per heavy atom. The number of nitrogens with zero attached hydrogens (tertiary/aromatic N) is 2. The number of phenolic OH excluding ortho intramolecular Hbond substituents is 1. The van der Waals surface area contributed by atoms with E-state index in [0.29, 0.717) is 23.0 Å². The van der Waals surface area contributed by atoms with Crippen molar-refractivity contribution in [3.63, 3.8) is 0 Å². The second-order valence-electron chi connectivity index (χ2n) is 8.64. The molecule has 0 bridgehead atoms. The van der Waals surface area contributed by atoms with E-state index in [9.17, 15) is 9.90 Å². The molecule has 4 rings (SSSR count). The molecule has 0 radical (unpaired) electrons. The molecule has 0 spiro atoms. The summed E-state index contributed by atoms with van der Waals surface area (Å²) < 4.78 is 0. The van der Waals surface area contributed by atoms with Crippen LogP contribution in [0.1, 0.15) is 22.3 Å². The second-order valence-corrected chi connectivity index (χ2v) is 8.64. The van der Waals surface area contributed by atoms with Crippen LogP contribution in [-0.2, 0) is 6.54 Å². The van der Waals surface area contributed by atoms with E-state index in [1.165, 1.54) is 12.0 Å². The van der Waals surface area contributed by atoms with E-state index in [1.807, 2.05) is 48.5 Å². The van der Waals surface area contributed by atoms with Crippen LogP contribution in [0.3, 0.4) is 0 Å². The van der Waals surface area contributed by atoms with Gasteiger partial charge in [-0.05, 0) is 73.6 Å². The number of phenols is 1. The lowest BCUT2D eigenvalue weighted by molar-refractivity contribution is 0.102.